The number of hydrogen-bond donors (Lipinski definition) is 1. The van der Waals surface area contributed by atoms with Gasteiger partial charge in [0.15, 0.2) is 0 Å². The molecule has 4 rings (SSSR count). The number of esters is 1. The molecule has 1 saturated heterocycles. The molecule has 1 atom stereocenters. The second kappa shape index (κ2) is 9.46. The average Bonchev–Trinajstić information content (AvgIpc) is 3.15. The Morgan fingerprint density at radius 1 is 0.886 bits per heavy atom. The van der Waals surface area contributed by atoms with Crippen LogP contribution in [0.1, 0.15) is 38.7 Å². The highest BCUT2D eigenvalue weighted by atomic mass is 16.5. The number of nitrogens with zero attached hydrogens (tertiary/aromatic N) is 1. The second-order valence-electron chi connectivity index (χ2n) is 8.28. The van der Waals surface area contributed by atoms with Crippen LogP contribution in [0.5, 0.6) is 5.75 Å². The Hall–Kier alpha value is -4.39. The number of aliphatic hydroxyl groups excluding tert-OH is 1. The highest BCUT2D eigenvalue weighted by Crippen LogP contribution is 2.42. The van der Waals surface area contributed by atoms with Crippen molar-refractivity contribution in [2.75, 3.05) is 19.1 Å². The number of benzene rings is 3. The summed E-state index contributed by atoms with van der Waals surface area (Å²) in [6, 6.07) is 17.6. The van der Waals surface area contributed by atoms with Crippen molar-refractivity contribution in [3.05, 3.63) is 100 Å². The lowest BCUT2D eigenvalue weighted by Crippen LogP contribution is -2.29. The maximum Gasteiger partial charge on any atom is 0.337 e. The maximum atomic E-state index is 13.3. The number of Topliss-reactive ketones (excluding diaryl/α,β-unsaturated/α-hetero) is 1. The summed E-state index contributed by atoms with van der Waals surface area (Å²) in [7, 11) is 2.81. The van der Waals surface area contributed by atoms with Gasteiger partial charge in [-0.15, -0.1) is 0 Å². The van der Waals surface area contributed by atoms with Crippen LogP contribution >= 0.6 is 0 Å². The number of methoxy groups -OCH3 is 2. The Kier molecular flexibility index (Phi) is 6.42. The van der Waals surface area contributed by atoms with E-state index in [0.717, 1.165) is 11.1 Å². The van der Waals surface area contributed by atoms with Crippen LogP contribution in [0, 0.1) is 13.8 Å². The molecule has 1 amide bonds. The van der Waals surface area contributed by atoms with Crippen LogP contribution in [-0.4, -0.2) is 37.0 Å². The van der Waals surface area contributed by atoms with Gasteiger partial charge in [-0.3, -0.25) is 14.5 Å². The van der Waals surface area contributed by atoms with E-state index in [1.807, 2.05) is 19.9 Å². The predicted octanol–water partition coefficient (Wildman–Crippen LogP) is 4.72. The second-order valence-corrected chi connectivity index (χ2v) is 8.28. The highest BCUT2D eigenvalue weighted by Gasteiger charge is 2.47. The lowest BCUT2D eigenvalue weighted by molar-refractivity contribution is -0.132. The molecule has 1 fully saturated rings. The molecule has 7 nitrogen and oxygen atoms in total. The first-order chi connectivity index (χ1) is 16.8. The molecule has 3 aromatic carbocycles. The first-order valence-corrected chi connectivity index (χ1v) is 11.0. The first-order valence-electron chi connectivity index (χ1n) is 11.0. The number of rotatable bonds is 5. The molecule has 0 bridgehead atoms. The van der Waals surface area contributed by atoms with E-state index in [2.05, 4.69) is 0 Å². The van der Waals surface area contributed by atoms with Gasteiger partial charge in [0.1, 0.15) is 11.5 Å². The number of hydrogen-bond acceptors (Lipinski definition) is 6. The summed E-state index contributed by atoms with van der Waals surface area (Å²) in [5.41, 5.74) is 3.53. The van der Waals surface area contributed by atoms with Crippen LogP contribution in [0.25, 0.3) is 5.76 Å². The molecule has 0 radical (unpaired) electrons. The van der Waals surface area contributed by atoms with E-state index < -0.39 is 23.7 Å². The molecule has 1 aliphatic rings. The Bertz CT molecular complexity index is 1360. The SMILES string of the molecule is COC(=O)c1cccc(N2C(=O)C(=O)/C(=C(/O)c3ccc(C)c(C)c3)C2c2ccc(OC)cc2)c1. The van der Waals surface area contributed by atoms with Gasteiger partial charge in [0, 0.05) is 11.3 Å². The molecule has 1 aliphatic heterocycles. The Morgan fingerprint density at radius 3 is 2.23 bits per heavy atom. The predicted molar refractivity (Wildman–Crippen MR) is 131 cm³/mol. The van der Waals surface area contributed by atoms with Crippen LogP contribution in [0.15, 0.2) is 72.3 Å². The zero-order valence-electron chi connectivity index (χ0n) is 19.9. The molecule has 178 valence electrons. The van der Waals surface area contributed by atoms with Crippen LogP contribution in [0.2, 0.25) is 0 Å². The van der Waals surface area contributed by atoms with Crippen molar-refractivity contribution in [3.8, 4) is 5.75 Å². The number of ether oxygens (including phenoxy) is 2. The maximum absolute atomic E-state index is 13.3. The standard InChI is InChI=1S/C28H25NO6/c1-16-8-9-19(14-17(16)2)25(30)23-24(18-10-12-22(34-3)13-11-18)29(27(32)26(23)31)21-7-5-6-20(15-21)28(33)35-4/h5-15,24,30H,1-4H3/b25-23+. The van der Waals surface area contributed by atoms with E-state index in [1.54, 1.807) is 61.7 Å². The number of aryl methyl sites for hydroxylation is 2. The monoisotopic (exact) mass is 471 g/mol. The van der Waals surface area contributed by atoms with Crippen molar-refractivity contribution in [2.24, 2.45) is 0 Å². The van der Waals surface area contributed by atoms with Crippen LogP contribution in [0.3, 0.4) is 0 Å². The minimum Gasteiger partial charge on any atom is -0.507 e. The van der Waals surface area contributed by atoms with Gasteiger partial charge in [0.25, 0.3) is 11.7 Å². The molecule has 0 aliphatic carbocycles. The molecule has 0 aromatic heterocycles. The van der Waals surface area contributed by atoms with E-state index >= 15 is 0 Å². The van der Waals surface area contributed by atoms with Gasteiger partial charge in [-0.05, 0) is 66.9 Å². The van der Waals surface area contributed by atoms with Crippen LogP contribution in [0.4, 0.5) is 5.69 Å². The number of carbonyl (C=O) groups excluding carboxylic acids is 3. The summed E-state index contributed by atoms with van der Waals surface area (Å²) in [6.45, 7) is 3.85. The highest BCUT2D eigenvalue weighted by molar-refractivity contribution is 6.51. The summed E-state index contributed by atoms with van der Waals surface area (Å²) >= 11 is 0. The fourth-order valence-corrected chi connectivity index (χ4v) is 4.15. The summed E-state index contributed by atoms with van der Waals surface area (Å²) in [6.07, 6.45) is 0. The van der Waals surface area contributed by atoms with Gasteiger partial charge < -0.3 is 14.6 Å². The zero-order chi connectivity index (χ0) is 25.3. The molecule has 0 spiro atoms. The third kappa shape index (κ3) is 4.28. The number of aliphatic hydroxyl groups is 1. The summed E-state index contributed by atoms with van der Waals surface area (Å²) in [4.78, 5) is 40.0. The fraction of sp³-hybridized carbons (Fsp3) is 0.179. The molecular weight excluding hydrogens is 446 g/mol. The Balaban J connectivity index is 1.94. The molecule has 0 saturated carbocycles. The number of anilines is 1. The smallest absolute Gasteiger partial charge is 0.337 e. The lowest BCUT2D eigenvalue weighted by atomic mass is 9.94. The third-order valence-electron chi connectivity index (χ3n) is 6.20. The Morgan fingerprint density at radius 2 is 1.60 bits per heavy atom. The van der Waals surface area contributed by atoms with Crippen molar-refractivity contribution in [1.82, 2.24) is 0 Å². The normalized spacial score (nSPS) is 16.9. The fourth-order valence-electron chi connectivity index (χ4n) is 4.15. The van der Waals surface area contributed by atoms with Crippen molar-refractivity contribution >= 4 is 29.1 Å². The third-order valence-corrected chi connectivity index (χ3v) is 6.20. The number of ketones is 1. The molecular formula is C28H25NO6. The average molecular weight is 472 g/mol. The molecule has 3 aromatic rings. The largest absolute Gasteiger partial charge is 0.507 e. The van der Waals surface area contributed by atoms with Crippen molar-refractivity contribution in [2.45, 2.75) is 19.9 Å². The molecule has 1 unspecified atom stereocenters. The van der Waals surface area contributed by atoms with Gasteiger partial charge in [0.2, 0.25) is 0 Å². The van der Waals surface area contributed by atoms with Crippen LogP contribution in [-0.2, 0) is 14.3 Å². The van der Waals surface area contributed by atoms with E-state index in [9.17, 15) is 19.5 Å². The van der Waals surface area contributed by atoms with Gasteiger partial charge in [-0.2, -0.15) is 0 Å². The number of amides is 1. The molecule has 35 heavy (non-hydrogen) atoms. The van der Waals surface area contributed by atoms with Gasteiger partial charge in [0.05, 0.1) is 31.4 Å². The van der Waals surface area contributed by atoms with Crippen molar-refractivity contribution < 1.29 is 29.0 Å². The zero-order valence-corrected chi connectivity index (χ0v) is 19.9. The molecule has 7 heteroatoms. The minimum absolute atomic E-state index is 0.0353. The van der Waals surface area contributed by atoms with Gasteiger partial charge in [-0.1, -0.05) is 30.3 Å². The van der Waals surface area contributed by atoms with E-state index in [4.69, 9.17) is 9.47 Å². The Labute approximate surface area is 203 Å². The molecule has 1 N–H and O–H groups in total. The van der Waals surface area contributed by atoms with E-state index in [-0.39, 0.29) is 16.9 Å². The summed E-state index contributed by atoms with van der Waals surface area (Å²) < 4.78 is 10.1. The topological polar surface area (TPSA) is 93.1 Å². The summed E-state index contributed by atoms with van der Waals surface area (Å²) in [5.74, 6) is -1.85. The van der Waals surface area contributed by atoms with Gasteiger partial charge in [-0.25, -0.2) is 4.79 Å². The minimum atomic E-state index is -0.921. The number of carbonyl (C=O) groups is 3. The quantitative estimate of drug-likeness (QED) is 0.250. The van der Waals surface area contributed by atoms with Crippen molar-refractivity contribution in [1.29, 1.82) is 0 Å². The first kappa shape index (κ1) is 23.8. The van der Waals surface area contributed by atoms with E-state index in [1.165, 1.54) is 18.1 Å². The lowest BCUT2D eigenvalue weighted by Gasteiger charge is -2.26. The van der Waals surface area contributed by atoms with Crippen LogP contribution < -0.4 is 9.64 Å². The van der Waals surface area contributed by atoms with Crippen molar-refractivity contribution in [3.63, 3.8) is 0 Å². The van der Waals surface area contributed by atoms with E-state index in [0.29, 0.717) is 22.6 Å². The summed E-state index contributed by atoms with van der Waals surface area (Å²) in [5, 5.41) is 11.3. The molecule has 1 heterocycles. The van der Waals surface area contributed by atoms with Gasteiger partial charge >= 0.3 is 5.97 Å².